The molecule has 1 aliphatic rings. The topological polar surface area (TPSA) is 61.8 Å². The van der Waals surface area contributed by atoms with Crippen molar-refractivity contribution < 1.29 is 14.7 Å². The van der Waals surface area contributed by atoms with Crippen LogP contribution in [0.2, 0.25) is 0 Å². The first kappa shape index (κ1) is 12.4. The van der Waals surface area contributed by atoms with E-state index in [2.05, 4.69) is 18.7 Å². The van der Waals surface area contributed by atoms with Crippen molar-refractivity contribution in [2.24, 2.45) is 0 Å². The van der Waals surface area contributed by atoms with E-state index in [0.29, 0.717) is 18.7 Å². The molecule has 0 radical (unpaired) electrons. The lowest BCUT2D eigenvalue weighted by Gasteiger charge is -2.27. The van der Waals surface area contributed by atoms with Crippen LogP contribution < -0.4 is 5.48 Å². The van der Waals surface area contributed by atoms with Gasteiger partial charge in [-0.1, -0.05) is 0 Å². The van der Waals surface area contributed by atoms with Gasteiger partial charge < -0.3 is 4.74 Å². The number of likely N-dealkylation sites (tertiary alicyclic amines) is 1. The summed E-state index contributed by atoms with van der Waals surface area (Å²) in [5, 5.41) is 8.28. The fourth-order valence-electron chi connectivity index (χ4n) is 2.04. The number of amides is 1. The zero-order valence-corrected chi connectivity index (χ0v) is 9.40. The van der Waals surface area contributed by atoms with Gasteiger partial charge in [0.25, 0.3) is 5.91 Å². The van der Waals surface area contributed by atoms with E-state index in [9.17, 15) is 4.79 Å². The van der Waals surface area contributed by atoms with Gasteiger partial charge >= 0.3 is 0 Å². The largest absolute Gasteiger partial charge is 0.370 e. The minimum atomic E-state index is -0.496. The Kier molecular flexibility index (Phi) is 5.01. The van der Waals surface area contributed by atoms with Gasteiger partial charge in [0.2, 0.25) is 0 Å². The van der Waals surface area contributed by atoms with Crippen molar-refractivity contribution in [2.75, 3.05) is 19.8 Å². The van der Waals surface area contributed by atoms with Crippen LogP contribution in [-0.2, 0) is 9.53 Å². The summed E-state index contributed by atoms with van der Waals surface area (Å²) in [7, 11) is 0. The maximum atomic E-state index is 10.7. The predicted molar refractivity (Wildman–Crippen MR) is 55.6 cm³/mol. The van der Waals surface area contributed by atoms with Gasteiger partial charge in [0.15, 0.2) is 0 Å². The third-order valence-electron chi connectivity index (χ3n) is 2.75. The van der Waals surface area contributed by atoms with Crippen LogP contribution in [-0.4, -0.2) is 47.9 Å². The second kappa shape index (κ2) is 6.05. The maximum Gasteiger partial charge on any atom is 0.269 e. The first-order valence-corrected chi connectivity index (χ1v) is 5.41. The number of carbonyl (C=O) groups excluding carboxylic acids is 1. The molecule has 0 aromatic carbocycles. The van der Waals surface area contributed by atoms with Crippen molar-refractivity contribution in [1.82, 2.24) is 10.4 Å². The molecule has 1 amide bonds. The van der Waals surface area contributed by atoms with Crippen molar-refractivity contribution in [3.8, 4) is 0 Å². The van der Waals surface area contributed by atoms with E-state index in [1.165, 1.54) is 6.42 Å². The molecule has 0 saturated carbocycles. The molecule has 1 heterocycles. The SMILES string of the molecule is CC(C)N1CCC[C@H]1COCC(=O)NO. The smallest absolute Gasteiger partial charge is 0.269 e. The molecule has 1 aliphatic heterocycles. The van der Waals surface area contributed by atoms with E-state index < -0.39 is 5.91 Å². The zero-order valence-electron chi connectivity index (χ0n) is 9.40. The monoisotopic (exact) mass is 216 g/mol. The third kappa shape index (κ3) is 3.77. The molecular weight excluding hydrogens is 196 g/mol. The highest BCUT2D eigenvalue weighted by Crippen LogP contribution is 2.19. The average Bonchev–Trinajstić information content (AvgIpc) is 2.65. The Labute approximate surface area is 90.4 Å². The van der Waals surface area contributed by atoms with Crippen molar-refractivity contribution in [3.63, 3.8) is 0 Å². The minimum absolute atomic E-state index is 0.0705. The highest BCUT2D eigenvalue weighted by atomic mass is 16.5. The summed E-state index contributed by atoms with van der Waals surface area (Å²) in [6, 6.07) is 0.935. The van der Waals surface area contributed by atoms with Crippen LogP contribution in [0.25, 0.3) is 0 Å². The number of hydrogen-bond donors (Lipinski definition) is 2. The molecule has 0 bridgehead atoms. The Hall–Kier alpha value is -0.650. The number of rotatable bonds is 5. The Bertz CT molecular complexity index is 209. The first-order chi connectivity index (χ1) is 7.15. The van der Waals surface area contributed by atoms with Crippen LogP contribution in [0.3, 0.4) is 0 Å². The molecule has 0 spiro atoms. The first-order valence-electron chi connectivity index (χ1n) is 5.41. The van der Waals surface area contributed by atoms with Crippen LogP contribution in [0.15, 0.2) is 0 Å². The van der Waals surface area contributed by atoms with Gasteiger partial charge in [-0.2, -0.15) is 0 Å². The Morgan fingerprint density at radius 2 is 2.40 bits per heavy atom. The summed E-state index contributed by atoms with van der Waals surface area (Å²) >= 11 is 0. The predicted octanol–water partition coefficient (Wildman–Crippen LogP) is 0.381. The summed E-state index contributed by atoms with van der Waals surface area (Å²) in [5.41, 5.74) is 1.55. The van der Waals surface area contributed by atoms with Crippen molar-refractivity contribution >= 4 is 5.91 Å². The summed E-state index contributed by atoms with van der Waals surface area (Å²) in [6.07, 6.45) is 2.32. The number of hydroxylamine groups is 1. The number of ether oxygens (including phenoxy) is 1. The van der Waals surface area contributed by atoms with Crippen LogP contribution in [0.5, 0.6) is 0 Å². The van der Waals surface area contributed by atoms with E-state index in [4.69, 9.17) is 9.94 Å². The average molecular weight is 216 g/mol. The number of hydrogen-bond acceptors (Lipinski definition) is 4. The van der Waals surface area contributed by atoms with Crippen molar-refractivity contribution in [3.05, 3.63) is 0 Å². The molecular formula is C10H20N2O3. The molecule has 0 unspecified atom stereocenters. The number of carbonyl (C=O) groups is 1. The van der Waals surface area contributed by atoms with E-state index >= 15 is 0 Å². The molecule has 2 N–H and O–H groups in total. The fourth-order valence-corrected chi connectivity index (χ4v) is 2.04. The van der Waals surface area contributed by atoms with Crippen LogP contribution in [0, 0.1) is 0 Å². The van der Waals surface area contributed by atoms with Crippen LogP contribution in [0.4, 0.5) is 0 Å². The van der Waals surface area contributed by atoms with Crippen LogP contribution >= 0.6 is 0 Å². The molecule has 0 aromatic rings. The second-order valence-corrected chi connectivity index (χ2v) is 4.18. The fraction of sp³-hybridized carbons (Fsp3) is 0.900. The van der Waals surface area contributed by atoms with E-state index in [0.717, 1.165) is 13.0 Å². The normalized spacial score (nSPS) is 22.3. The molecule has 1 rings (SSSR count). The molecule has 88 valence electrons. The van der Waals surface area contributed by atoms with Crippen molar-refractivity contribution in [1.29, 1.82) is 0 Å². The molecule has 5 nitrogen and oxygen atoms in total. The molecule has 0 aliphatic carbocycles. The quantitative estimate of drug-likeness (QED) is 0.515. The molecule has 5 heteroatoms. The summed E-state index contributed by atoms with van der Waals surface area (Å²) in [6.45, 7) is 5.93. The lowest BCUT2D eigenvalue weighted by Crippen LogP contribution is -2.39. The molecule has 1 saturated heterocycles. The molecule has 15 heavy (non-hydrogen) atoms. The van der Waals surface area contributed by atoms with E-state index in [-0.39, 0.29) is 6.61 Å². The Morgan fingerprint density at radius 3 is 3.00 bits per heavy atom. The lowest BCUT2D eigenvalue weighted by atomic mass is 10.2. The molecule has 0 aromatic heterocycles. The highest BCUT2D eigenvalue weighted by molar-refractivity contribution is 5.75. The summed E-state index contributed by atoms with van der Waals surface area (Å²) in [5.74, 6) is -0.496. The van der Waals surface area contributed by atoms with Gasteiger partial charge in [0.05, 0.1) is 6.61 Å². The molecule has 1 fully saturated rings. The third-order valence-corrected chi connectivity index (χ3v) is 2.75. The van der Waals surface area contributed by atoms with Crippen molar-refractivity contribution in [2.45, 2.75) is 38.8 Å². The maximum absolute atomic E-state index is 10.7. The molecule has 1 atom stereocenters. The van der Waals surface area contributed by atoms with Gasteiger partial charge in [-0.15, -0.1) is 0 Å². The van der Waals surface area contributed by atoms with Gasteiger partial charge in [-0.05, 0) is 33.2 Å². The second-order valence-electron chi connectivity index (χ2n) is 4.18. The lowest BCUT2D eigenvalue weighted by molar-refractivity contribution is -0.134. The zero-order chi connectivity index (χ0) is 11.3. The van der Waals surface area contributed by atoms with E-state index in [1.54, 1.807) is 5.48 Å². The van der Waals surface area contributed by atoms with Crippen LogP contribution in [0.1, 0.15) is 26.7 Å². The Balaban J connectivity index is 2.23. The van der Waals surface area contributed by atoms with E-state index in [1.807, 2.05) is 0 Å². The van der Waals surface area contributed by atoms with Gasteiger partial charge in [-0.3, -0.25) is 14.9 Å². The Morgan fingerprint density at radius 1 is 1.67 bits per heavy atom. The highest BCUT2D eigenvalue weighted by Gasteiger charge is 2.26. The van der Waals surface area contributed by atoms with Gasteiger partial charge in [-0.25, -0.2) is 5.48 Å². The number of nitrogens with one attached hydrogen (secondary N) is 1. The summed E-state index contributed by atoms with van der Waals surface area (Å²) in [4.78, 5) is 13.1. The summed E-state index contributed by atoms with van der Waals surface area (Å²) < 4.78 is 5.24. The number of nitrogens with zero attached hydrogens (tertiary/aromatic N) is 1. The minimum Gasteiger partial charge on any atom is -0.370 e. The van der Waals surface area contributed by atoms with Gasteiger partial charge in [0.1, 0.15) is 6.61 Å². The van der Waals surface area contributed by atoms with Gasteiger partial charge in [0, 0.05) is 12.1 Å². The standard InChI is InChI=1S/C10H20N2O3/c1-8(2)12-5-3-4-9(12)6-15-7-10(13)11-14/h8-9,14H,3-7H2,1-2H3,(H,11,13)/t9-/m0/s1.